The summed E-state index contributed by atoms with van der Waals surface area (Å²) in [7, 11) is 0. The van der Waals surface area contributed by atoms with Crippen LogP contribution in [0.3, 0.4) is 0 Å². The average molecular weight is 391 g/mol. The maximum Gasteiger partial charge on any atom is 0.328 e. The second kappa shape index (κ2) is 8.77. The van der Waals surface area contributed by atoms with Gasteiger partial charge in [-0.3, -0.25) is 4.79 Å². The number of aromatic hydroxyl groups is 1. The Bertz CT molecular complexity index is 807. The van der Waals surface area contributed by atoms with Crippen molar-refractivity contribution in [3.05, 3.63) is 34.4 Å². The Hall–Kier alpha value is -3.03. The number of hydrogen-bond acceptors (Lipinski definition) is 5. The van der Waals surface area contributed by atoms with E-state index in [0.717, 1.165) is 48.2 Å². The molecule has 1 aromatic rings. The first-order chi connectivity index (χ1) is 13.2. The summed E-state index contributed by atoms with van der Waals surface area (Å²) in [6, 6.07) is 0. The number of carbonyl (C=O) groups excluding carboxylic acids is 1. The molecule has 1 fully saturated rings. The number of benzene rings is 1. The molecule has 0 aromatic heterocycles. The van der Waals surface area contributed by atoms with Gasteiger partial charge < -0.3 is 25.0 Å². The zero-order valence-electron chi connectivity index (χ0n) is 16.2. The van der Waals surface area contributed by atoms with E-state index in [1.54, 1.807) is 0 Å². The summed E-state index contributed by atoms with van der Waals surface area (Å²) >= 11 is 0. The molecule has 3 rings (SSSR count). The summed E-state index contributed by atoms with van der Waals surface area (Å²) in [5.74, 6) is -1.46. The predicted molar refractivity (Wildman–Crippen MR) is 101 cm³/mol. The molecule has 1 aliphatic heterocycles. The number of nitrogens with zero attached hydrogens (tertiary/aromatic N) is 1. The fourth-order valence-corrected chi connectivity index (χ4v) is 3.32. The highest BCUT2D eigenvalue weighted by Gasteiger charge is 2.37. The lowest BCUT2D eigenvalue weighted by Crippen LogP contribution is -2.15. The molecule has 1 aliphatic carbocycles. The third-order valence-electron chi connectivity index (χ3n) is 4.48. The lowest BCUT2D eigenvalue weighted by Gasteiger charge is -2.19. The minimum Gasteiger partial charge on any atom is -0.504 e. The van der Waals surface area contributed by atoms with Crippen molar-refractivity contribution in [3.8, 4) is 11.5 Å². The highest BCUT2D eigenvalue weighted by Crippen LogP contribution is 2.47. The van der Waals surface area contributed by atoms with Crippen LogP contribution in [0.4, 0.5) is 0 Å². The van der Waals surface area contributed by atoms with Gasteiger partial charge in [-0.05, 0) is 31.2 Å². The average Bonchev–Trinajstić information content (AvgIpc) is 3.39. The molecule has 28 heavy (non-hydrogen) atoms. The number of carboxylic acid groups (broad SMARTS) is 2. The fraction of sp³-hybridized carbons (Fsp3) is 0.450. The molecule has 0 radical (unpaired) electrons. The van der Waals surface area contributed by atoms with Crippen molar-refractivity contribution in [2.45, 2.75) is 39.5 Å². The number of ether oxygens (including phenoxy) is 1. The van der Waals surface area contributed by atoms with Crippen molar-refractivity contribution in [1.29, 1.82) is 0 Å². The number of amides is 1. The third kappa shape index (κ3) is 4.62. The van der Waals surface area contributed by atoms with Gasteiger partial charge in [0.05, 0.1) is 12.2 Å². The molecule has 1 saturated heterocycles. The number of aliphatic carboxylic acids is 2. The molecule has 1 aromatic carbocycles. The molecule has 1 heterocycles. The Balaban J connectivity index is 0.000000300. The lowest BCUT2D eigenvalue weighted by atomic mass is 9.92. The van der Waals surface area contributed by atoms with E-state index in [0.29, 0.717) is 24.5 Å². The SMILES string of the molecule is CCOc1c(O)c(C(C)C)c2c(C(=O)N3CC3)c1CC2.O=C(O)/C=C\C(=O)O. The smallest absolute Gasteiger partial charge is 0.328 e. The van der Waals surface area contributed by atoms with Crippen molar-refractivity contribution < 1.29 is 34.4 Å². The van der Waals surface area contributed by atoms with Crippen LogP contribution in [0.2, 0.25) is 0 Å². The van der Waals surface area contributed by atoms with Gasteiger partial charge in [-0.2, -0.15) is 0 Å². The Morgan fingerprint density at radius 1 is 1.07 bits per heavy atom. The van der Waals surface area contributed by atoms with Crippen molar-refractivity contribution in [3.63, 3.8) is 0 Å². The molecule has 2 bridgehead atoms. The highest BCUT2D eigenvalue weighted by molar-refractivity contribution is 6.01. The van der Waals surface area contributed by atoms with E-state index >= 15 is 0 Å². The Labute approximate surface area is 163 Å². The molecule has 0 spiro atoms. The molecule has 2 aliphatic rings. The van der Waals surface area contributed by atoms with Gasteiger partial charge in [-0.25, -0.2) is 9.59 Å². The predicted octanol–water partition coefficient (Wildman–Crippen LogP) is 2.18. The quantitative estimate of drug-likeness (QED) is 0.501. The number of fused-ring (bicyclic) bond motifs is 2. The number of phenolic OH excluding ortho intramolecular Hbond substituents is 1. The summed E-state index contributed by atoms with van der Waals surface area (Å²) < 4.78 is 5.65. The van der Waals surface area contributed by atoms with Crippen LogP contribution < -0.4 is 4.74 Å². The number of carboxylic acids is 2. The van der Waals surface area contributed by atoms with E-state index in [4.69, 9.17) is 14.9 Å². The largest absolute Gasteiger partial charge is 0.504 e. The first kappa shape index (κ1) is 21.3. The molecule has 1 amide bonds. The molecule has 0 unspecified atom stereocenters. The standard InChI is InChI=1S/C16H21NO3.C4H4O4/c1-4-20-15-11-6-5-10(12(9(2)3)14(15)18)13(11)16(19)17-7-8-17;5-3(6)1-2-4(7)8/h9,18H,4-8H2,1-3H3;1-2H,(H,5,6)(H,7,8)/b;2-1-. The normalized spacial score (nSPS) is 14.1. The van der Waals surface area contributed by atoms with Crippen LogP contribution in [0.25, 0.3) is 0 Å². The van der Waals surface area contributed by atoms with Gasteiger partial charge >= 0.3 is 11.9 Å². The molecular formula is C20H25NO7. The molecule has 152 valence electrons. The van der Waals surface area contributed by atoms with Crippen LogP contribution >= 0.6 is 0 Å². The van der Waals surface area contributed by atoms with E-state index in [1.807, 2.05) is 25.7 Å². The Morgan fingerprint density at radius 3 is 2.04 bits per heavy atom. The summed E-state index contributed by atoms with van der Waals surface area (Å²) in [6.07, 6.45) is 2.74. The van der Waals surface area contributed by atoms with Crippen molar-refractivity contribution in [2.24, 2.45) is 0 Å². The zero-order chi connectivity index (χ0) is 21.0. The van der Waals surface area contributed by atoms with Gasteiger partial charge in [0.15, 0.2) is 11.5 Å². The summed E-state index contributed by atoms with van der Waals surface area (Å²) in [5.41, 5.74) is 3.63. The van der Waals surface area contributed by atoms with E-state index in [9.17, 15) is 19.5 Å². The molecule has 0 saturated carbocycles. The van der Waals surface area contributed by atoms with E-state index in [-0.39, 0.29) is 17.6 Å². The zero-order valence-corrected chi connectivity index (χ0v) is 16.2. The number of carbonyl (C=O) groups is 3. The molecule has 8 nitrogen and oxygen atoms in total. The first-order valence-corrected chi connectivity index (χ1v) is 9.15. The lowest BCUT2D eigenvalue weighted by molar-refractivity contribution is -0.134. The van der Waals surface area contributed by atoms with E-state index in [1.165, 1.54) is 0 Å². The van der Waals surface area contributed by atoms with Crippen LogP contribution in [-0.4, -0.2) is 57.8 Å². The van der Waals surface area contributed by atoms with Gasteiger partial charge in [-0.1, -0.05) is 13.8 Å². The number of rotatable bonds is 6. The fourth-order valence-electron chi connectivity index (χ4n) is 3.32. The second-order valence-electron chi connectivity index (χ2n) is 6.81. The van der Waals surface area contributed by atoms with Crippen LogP contribution in [0, 0.1) is 0 Å². The van der Waals surface area contributed by atoms with E-state index in [2.05, 4.69) is 0 Å². The van der Waals surface area contributed by atoms with Crippen LogP contribution in [0.1, 0.15) is 53.7 Å². The highest BCUT2D eigenvalue weighted by atomic mass is 16.5. The molecule has 3 N–H and O–H groups in total. The maximum absolute atomic E-state index is 12.5. The van der Waals surface area contributed by atoms with Crippen LogP contribution in [0.15, 0.2) is 12.2 Å². The maximum atomic E-state index is 12.5. The monoisotopic (exact) mass is 391 g/mol. The summed E-state index contributed by atoms with van der Waals surface area (Å²) in [5, 5.41) is 26.1. The number of hydrogen-bond donors (Lipinski definition) is 3. The topological polar surface area (TPSA) is 124 Å². The van der Waals surface area contributed by atoms with Crippen molar-refractivity contribution in [1.82, 2.24) is 4.90 Å². The Kier molecular flexibility index (Phi) is 6.66. The van der Waals surface area contributed by atoms with Gasteiger partial charge in [0.1, 0.15) is 0 Å². The van der Waals surface area contributed by atoms with Crippen molar-refractivity contribution >= 4 is 17.8 Å². The minimum atomic E-state index is -1.26. The summed E-state index contributed by atoms with van der Waals surface area (Å²) in [6.45, 7) is 8.18. The number of phenols is 1. The van der Waals surface area contributed by atoms with Crippen molar-refractivity contribution in [2.75, 3.05) is 19.7 Å². The van der Waals surface area contributed by atoms with Gasteiger partial charge in [0, 0.05) is 36.4 Å². The van der Waals surface area contributed by atoms with Crippen LogP contribution in [-0.2, 0) is 22.4 Å². The Morgan fingerprint density at radius 2 is 1.61 bits per heavy atom. The van der Waals surface area contributed by atoms with Gasteiger partial charge in [0.25, 0.3) is 5.91 Å². The van der Waals surface area contributed by atoms with Crippen LogP contribution in [0.5, 0.6) is 11.5 Å². The second-order valence-corrected chi connectivity index (χ2v) is 6.81. The first-order valence-electron chi connectivity index (χ1n) is 9.15. The third-order valence-corrected chi connectivity index (χ3v) is 4.48. The van der Waals surface area contributed by atoms with Gasteiger partial charge in [0.2, 0.25) is 0 Å². The molecule has 8 heteroatoms. The molecular weight excluding hydrogens is 366 g/mol. The minimum absolute atomic E-state index is 0.107. The molecule has 0 atom stereocenters. The van der Waals surface area contributed by atoms with Gasteiger partial charge in [-0.15, -0.1) is 0 Å². The summed E-state index contributed by atoms with van der Waals surface area (Å²) in [4.78, 5) is 33.5. The van der Waals surface area contributed by atoms with E-state index < -0.39 is 11.9 Å².